The molecule has 1 aliphatic rings. The lowest BCUT2D eigenvalue weighted by molar-refractivity contribution is -0.122. The summed E-state index contributed by atoms with van der Waals surface area (Å²) in [6.45, 7) is 0.752. The van der Waals surface area contributed by atoms with Crippen LogP contribution in [0.15, 0.2) is 6.33 Å². The van der Waals surface area contributed by atoms with Gasteiger partial charge in [-0.15, -0.1) is 5.10 Å². The molecule has 4 N–H and O–H groups in total. The Bertz CT molecular complexity index is 385. The highest BCUT2D eigenvalue weighted by Gasteiger charge is 2.41. The lowest BCUT2D eigenvalue weighted by Gasteiger charge is -2.12. The highest BCUT2D eigenvalue weighted by molar-refractivity contribution is 5.75. The van der Waals surface area contributed by atoms with Crippen LogP contribution in [0.3, 0.4) is 0 Å². The number of carbonyl (C=O) groups excluding carboxylic acids is 1. The summed E-state index contributed by atoms with van der Waals surface area (Å²) in [5.74, 6) is 0.00597. The van der Waals surface area contributed by atoms with Crippen molar-refractivity contribution >= 4 is 11.9 Å². The third-order valence-electron chi connectivity index (χ3n) is 2.81. The molecule has 0 radical (unpaired) electrons. The van der Waals surface area contributed by atoms with Crippen molar-refractivity contribution in [2.24, 2.45) is 5.41 Å². The van der Waals surface area contributed by atoms with Gasteiger partial charge in [0.05, 0.1) is 6.61 Å². The van der Waals surface area contributed by atoms with Crippen LogP contribution in [0.1, 0.15) is 12.8 Å². The van der Waals surface area contributed by atoms with Crippen molar-refractivity contribution < 1.29 is 9.90 Å². The fourth-order valence-electron chi connectivity index (χ4n) is 1.44. The molecule has 1 aliphatic carbocycles. The van der Waals surface area contributed by atoms with Crippen molar-refractivity contribution in [2.45, 2.75) is 19.4 Å². The molecule has 88 valence electrons. The van der Waals surface area contributed by atoms with Gasteiger partial charge in [0.2, 0.25) is 11.9 Å². The predicted molar refractivity (Wildman–Crippen MR) is 56.2 cm³/mol. The number of nitrogen functional groups attached to an aromatic ring is 1. The maximum Gasteiger partial charge on any atom is 0.241 e. The Hall–Kier alpha value is -1.63. The lowest BCUT2D eigenvalue weighted by atomic mass is 10.1. The van der Waals surface area contributed by atoms with Gasteiger partial charge in [0.1, 0.15) is 12.9 Å². The number of aromatic nitrogens is 3. The van der Waals surface area contributed by atoms with Gasteiger partial charge in [-0.1, -0.05) is 0 Å². The van der Waals surface area contributed by atoms with Crippen molar-refractivity contribution in [1.82, 2.24) is 20.1 Å². The average molecular weight is 225 g/mol. The van der Waals surface area contributed by atoms with Crippen molar-refractivity contribution in [1.29, 1.82) is 0 Å². The molecular formula is C9H15N5O2. The number of aliphatic hydroxyl groups excluding tert-OH is 1. The fourth-order valence-corrected chi connectivity index (χ4v) is 1.44. The molecule has 0 aromatic carbocycles. The zero-order valence-corrected chi connectivity index (χ0v) is 8.89. The number of hydrogen-bond acceptors (Lipinski definition) is 5. The monoisotopic (exact) mass is 225 g/mol. The quantitative estimate of drug-likeness (QED) is 0.580. The van der Waals surface area contributed by atoms with Crippen molar-refractivity contribution in [3.8, 4) is 0 Å². The Morgan fingerprint density at radius 2 is 2.44 bits per heavy atom. The zero-order valence-electron chi connectivity index (χ0n) is 8.89. The van der Waals surface area contributed by atoms with Gasteiger partial charge in [0, 0.05) is 12.0 Å². The highest BCUT2D eigenvalue weighted by Crippen LogP contribution is 2.44. The minimum atomic E-state index is -0.148. The van der Waals surface area contributed by atoms with Gasteiger partial charge in [-0.3, -0.25) is 4.79 Å². The minimum absolute atomic E-state index is 0.0724. The van der Waals surface area contributed by atoms with Gasteiger partial charge >= 0.3 is 0 Å². The SMILES string of the molecule is Nc1ncn(CC(=O)NCC2(CO)CC2)n1. The van der Waals surface area contributed by atoms with Crippen LogP contribution in [0.2, 0.25) is 0 Å². The Labute approximate surface area is 92.7 Å². The first kappa shape index (κ1) is 10.9. The smallest absolute Gasteiger partial charge is 0.241 e. The Morgan fingerprint density at radius 1 is 1.69 bits per heavy atom. The molecule has 1 fully saturated rings. The van der Waals surface area contributed by atoms with Gasteiger partial charge in [-0.25, -0.2) is 9.67 Å². The summed E-state index contributed by atoms with van der Waals surface area (Å²) in [6, 6.07) is 0. The van der Waals surface area contributed by atoms with Crippen molar-refractivity contribution in [3.05, 3.63) is 6.33 Å². The van der Waals surface area contributed by atoms with Crippen LogP contribution >= 0.6 is 0 Å². The van der Waals surface area contributed by atoms with Crippen LogP contribution in [0.4, 0.5) is 5.95 Å². The van der Waals surface area contributed by atoms with E-state index < -0.39 is 0 Å². The van der Waals surface area contributed by atoms with E-state index in [1.165, 1.54) is 11.0 Å². The molecule has 0 bridgehead atoms. The summed E-state index contributed by atoms with van der Waals surface area (Å²) >= 11 is 0. The second kappa shape index (κ2) is 4.09. The van der Waals surface area contributed by atoms with E-state index in [4.69, 9.17) is 10.8 Å². The first-order valence-corrected chi connectivity index (χ1v) is 5.16. The first-order chi connectivity index (χ1) is 7.63. The fraction of sp³-hybridized carbons (Fsp3) is 0.667. The molecule has 7 heteroatoms. The highest BCUT2D eigenvalue weighted by atomic mass is 16.3. The Balaban J connectivity index is 1.76. The molecule has 1 heterocycles. The van der Waals surface area contributed by atoms with E-state index in [2.05, 4.69) is 15.4 Å². The van der Waals surface area contributed by atoms with E-state index in [1.807, 2.05) is 0 Å². The van der Waals surface area contributed by atoms with Gasteiger partial charge in [0.25, 0.3) is 0 Å². The standard InChI is InChI=1S/C9H15N5O2/c10-8-12-6-14(13-8)3-7(16)11-4-9(5-15)1-2-9/h6,15H,1-5H2,(H2,10,13)(H,11,16). The van der Waals surface area contributed by atoms with E-state index in [9.17, 15) is 4.79 Å². The zero-order chi connectivity index (χ0) is 11.6. The number of hydrogen-bond donors (Lipinski definition) is 3. The van der Waals surface area contributed by atoms with Crippen LogP contribution in [0, 0.1) is 5.41 Å². The first-order valence-electron chi connectivity index (χ1n) is 5.16. The summed E-state index contributed by atoms with van der Waals surface area (Å²) < 4.78 is 1.38. The molecule has 16 heavy (non-hydrogen) atoms. The molecule has 0 spiro atoms. The maximum atomic E-state index is 11.5. The van der Waals surface area contributed by atoms with Gasteiger partial charge in [-0.2, -0.15) is 0 Å². The topological polar surface area (TPSA) is 106 Å². The summed E-state index contributed by atoms with van der Waals surface area (Å²) in [5.41, 5.74) is 5.25. The second-order valence-corrected chi connectivity index (χ2v) is 4.24. The maximum absolute atomic E-state index is 11.5. The van der Waals surface area contributed by atoms with E-state index in [0.29, 0.717) is 6.54 Å². The summed E-state index contributed by atoms with van der Waals surface area (Å²) in [5, 5.41) is 15.6. The second-order valence-electron chi connectivity index (χ2n) is 4.24. The van der Waals surface area contributed by atoms with E-state index in [1.54, 1.807) is 0 Å². The van der Waals surface area contributed by atoms with E-state index in [-0.39, 0.29) is 30.4 Å². The lowest BCUT2D eigenvalue weighted by Crippen LogP contribution is -2.34. The molecule has 0 atom stereocenters. The largest absolute Gasteiger partial charge is 0.396 e. The van der Waals surface area contributed by atoms with Crippen molar-refractivity contribution in [2.75, 3.05) is 18.9 Å². The third-order valence-corrected chi connectivity index (χ3v) is 2.81. The molecule has 0 saturated heterocycles. The molecule has 1 aromatic heterocycles. The van der Waals surface area contributed by atoms with Gasteiger partial charge in [-0.05, 0) is 12.8 Å². The Kier molecular flexibility index (Phi) is 2.78. The number of nitrogens with zero attached hydrogens (tertiary/aromatic N) is 3. The molecule has 1 amide bonds. The van der Waals surface area contributed by atoms with Crippen LogP contribution in [-0.2, 0) is 11.3 Å². The average Bonchev–Trinajstić information content (AvgIpc) is 2.95. The molecule has 2 rings (SSSR count). The van der Waals surface area contributed by atoms with Crippen LogP contribution in [-0.4, -0.2) is 38.9 Å². The van der Waals surface area contributed by atoms with Crippen molar-refractivity contribution in [3.63, 3.8) is 0 Å². The minimum Gasteiger partial charge on any atom is -0.396 e. The van der Waals surface area contributed by atoms with Crippen LogP contribution in [0.5, 0.6) is 0 Å². The van der Waals surface area contributed by atoms with Gasteiger partial charge < -0.3 is 16.2 Å². The normalized spacial score (nSPS) is 17.1. The molecule has 0 unspecified atom stereocenters. The van der Waals surface area contributed by atoms with Gasteiger partial charge in [0.15, 0.2) is 0 Å². The molecule has 1 saturated carbocycles. The number of nitrogens with one attached hydrogen (secondary N) is 1. The number of carbonyl (C=O) groups is 1. The predicted octanol–water partition coefficient (Wildman–Crippen LogP) is -1.25. The number of amides is 1. The summed E-state index contributed by atoms with van der Waals surface area (Å²) in [4.78, 5) is 15.2. The van der Waals surface area contributed by atoms with Crippen LogP contribution in [0.25, 0.3) is 0 Å². The number of aliphatic hydroxyl groups is 1. The molecule has 0 aliphatic heterocycles. The molecular weight excluding hydrogens is 210 g/mol. The third kappa shape index (κ3) is 2.48. The number of anilines is 1. The van der Waals surface area contributed by atoms with Crippen LogP contribution < -0.4 is 11.1 Å². The summed E-state index contributed by atoms with van der Waals surface area (Å²) in [7, 11) is 0. The van der Waals surface area contributed by atoms with E-state index in [0.717, 1.165) is 12.8 Å². The molecule has 7 nitrogen and oxygen atoms in total. The number of rotatable bonds is 5. The van der Waals surface area contributed by atoms with E-state index >= 15 is 0 Å². The summed E-state index contributed by atoms with van der Waals surface area (Å²) in [6.07, 6.45) is 3.36. The molecule has 1 aromatic rings. The Morgan fingerprint density at radius 3 is 2.94 bits per heavy atom. The number of nitrogens with two attached hydrogens (primary N) is 1.